The largest absolute Gasteiger partial charge is 0.490 e. The van der Waals surface area contributed by atoms with Gasteiger partial charge in [-0.2, -0.15) is 0 Å². The molecule has 0 bridgehead atoms. The van der Waals surface area contributed by atoms with Crippen molar-refractivity contribution in [2.75, 3.05) is 0 Å². The van der Waals surface area contributed by atoms with E-state index in [9.17, 15) is 0 Å². The zero-order valence-corrected chi connectivity index (χ0v) is 9.05. The minimum Gasteiger partial charge on any atom is -0.490 e. The summed E-state index contributed by atoms with van der Waals surface area (Å²) in [6.07, 6.45) is 2.43. The van der Waals surface area contributed by atoms with Crippen LogP contribution in [0.3, 0.4) is 0 Å². The van der Waals surface area contributed by atoms with Gasteiger partial charge in [-0.1, -0.05) is 19.9 Å². The zero-order valence-electron chi connectivity index (χ0n) is 8.16. The lowest BCUT2D eigenvalue weighted by atomic mass is 10.2. The molecule has 0 spiro atoms. The maximum absolute atomic E-state index is 5.74. The fourth-order valence-electron chi connectivity index (χ4n) is 1.20. The molecule has 0 fully saturated rings. The summed E-state index contributed by atoms with van der Waals surface area (Å²) in [4.78, 5) is 0.948. The molecule has 1 nitrogen and oxygen atoms in total. The maximum Gasteiger partial charge on any atom is 0.120 e. The number of ether oxygens (including phenoxy) is 1. The SMILES string of the molecule is CCC(CC)Oc1cccc(S)c1. The number of rotatable bonds is 4. The van der Waals surface area contributed by atoms with Crippen LogP contribution in [0.25, 0.3) is 0 Å². The van der Waals surface area contributed by atoms with Gasteiger partial charge in [-0.05, 0) is 31.0 Å². The second-order valence-corrected chi connectivity index (χ2v) is 3.57. The quantitative estimate of drug-likeness (QED) is 0.725. The van der Waals surface area contributed by atoms with Gasteiger partial charge >= 0.3 is 0 Å². The van der Waals surface area contributed by atoms with E-state index in [0.29, 0.717) is 6.10 Å². The van der Waals surface area contributed by atoms with Crippen molar-refractivity contribution in [2.45, 2.75) is 37.7 Å². The van der Waals surface area contributed by atoms with Gasteiger partial charge in [0.1, 0.15) is 5.75 Å². The Balaban J connectivity index is 2.62. The van der Waals surface area contributed by atoms with Crippen LogP contribution >= 0.6 is 12.6 Å². The van der Waals surface area contributed by atoms with Crippen molar-refractivity contribution in [3.05, 3.63) is 24.3 Å². The van der Waals surface area contributed by atoms with E-state index in [1.54, 1.807) is 0 Å². The van der Waals surface area contributed by atoms with Crippen molar-refractivity contribution in [3.8, 4) is 5.75 Å². The number of thiol groups is 1. The highest BCUT2D eigenvalue weighted by Gasteiger charge is 2.04. The first-order valence-corrected chi connectivity index (χ1v) is 5.16. The van der Waals surface area contributed by atoms with Gasteiger partial charge in [0.25, 0.3) is 0 Å². The van der Waals surface area contributed by atoms with E-state index in [0.717, 1.165) is 23.5 Å². The fraction of sp³-hybridized carbons (Fsp3) is 0.455. The van der Waals surface area contributed by atoms with Crippen molar-refractivity contribution in [1.29, 1.82) is 0 Å². The van der Waals surface area contributed by atoms with Crippen LogP contribution in [0.4, 0.5) is 0 Å². The van der Waals surface area contributed by atoms with Crippen molar-refractivity contribution in [1.82, 2.24) is 0 Å². The first-order valence-electron chi connectivity index (χ1n) is 4.72. The molecule has 72 valence electrons. The van der Waals surface area contributed by atoms with Crippen molar-refractivity contribution < 1.29 is 4.74 Å². The average molecular weight is 196 g/mol. The minimum atomic E-state index is 0.329. The van der Waals surface area contributed by atoms with Crippen LogP contribution in [0.2, 0.25) is 0 Å². The lowest BCUT2D eigenvalue weighted by molar-refractivity contribution is 0.192. The number of benzene rings is 1. The number of hydrogen-bond donors (Lipinski definition) is 1. The predicted octanol–water partition coefficient (Wildman–Crippen LogP) is 3.54. The molecule has 0 aliphatic rings. The van der Waals surface area contributed by atoms with Crippen molar-refractivity contribution >= 4 is 12.6 Å². The second-order valence-electron chi connectivity index (χ2n) is 3.05. The molecule has 0 radical (unpaired) electrons. The van der Waals surface area contributed by atoms with Crippen LogP contribution in [0.1, 0.15) is 26.7 Å². The highest BCUT2D eigenvalue weighted by Crippen LogP contribution is 2.18. The lowest BCUT2D eigenvalue weighted by Crippen LogP contribution is -2.13. The molecule has 1 aromatic carbocycles. The van der Waals surface area contributed by atoms with Crippen LogP contribution in [0, 0.1) is 0 Å². The predicted molar refractivity (Wildman–Crippen MR) is 58.7 cm³/mol. The minimum absolute atomic E-state index is 0.329. The summed E-state index contributed by atoms with van der Waals surface area (Å²) in [7, 11) is 0. The smallest absolute Gasteiger partial charge is 0.120 e. The average Bonchev–Trinajstić information content (AvgIpc) is 2.14. The van der Waals surface area contributed by atoms with E-state index < -0.39 is 0 Å². The van der Waals surface area contributed by atoms with Crippen molar-refractivity contribution in [3.63, 3.8) is 0 Å². The Morgan fingerprint density at radius 1 is 1.31 bits per heavy atom. The van der Waals surface area contributed by atoms with Crippen LogP contribution in [0.15, 0.2) is 29.2 Å². The molecule has 0 atom stereocenters. The van der Waals surface area contributed by atoms with Crippen molar-refractivity contribution in [2.24, 2.45) is 0 Å². The van der Waals surface area contributed by atoms with Gasteiger partial charge in [-0.3, -0.25) is 0 Å². The topological polar surface area (TPSA) is 9.23 Å². The third-order valence-electron chi connectivity index (χ3n) is 2.03. The van der Waals surface area contributed by atoms with Crippen LogP contribution in [-0.4, -0.2) is 6.10 Å². The highest BCUT2D eigenvalue weighted by molar-refractivity contribution is 7.80. The summed E-state index contributed by atoms with van der Waals surface area (Å²) in [5, 5.41) is 0. The van der Waals surface area contributed by atoms with E-state index in [1.807, 2.05) is 24.3 Å². The third-order valence-corrected chi connectivity index (χ3v) is 2.31. The molecule has 2 heteroatoms. The highest BCUT2D eigenvalue weighted by atomic mass is 32.1. The molecule has 0 saturated heterocycles. The van der Waals surface area contributed by atoms with Gasteiger partial charge in [0.15, 0.2) is 0 Å². The molecule has 0 amide bonds. The molecule has 0 saturated carbocycles. The van der Waals surface area contributed by atoms with Crippen LogP contribution in [0.5, 0.6) is 5.75 Å². The molecule has 0 aromatic heterocycles. The molecule has 1 rings (SSSR count). The van der Waals surface area contributed by atoms with Gasteiger partial charge < -0.3 is 4.74 Å². The lowest BCUT2D eigenvalue weighted by Gasteiger charge is -2.15. The first kappa shape index (κ1) is 10.5. The molecular formula is C11H16OS. The standard InChI is InChI=1S/C11H16OS/c1-3-9(4-2)12-10-6-5-7-11(13)8-10/h5-9,13H,3-4H2,1-2H3. The Labute approximate surface area is 85.5 Å². The number of hydrogen-bond acceptors (Lipinski definition) is 2. The molecule has 1 aromatic rings. The molecular weight excluding hydrogens is 180 g/mol. The Bertz CT molecular complexity index is 256. The maximum atomic E-state index is 5.74. The van der Waals surface area contributed by atoms with E-state index >= 15 is 0 Å². The Kier molecular flexibility index (Phi) is 4.16. The summed E-state index contributed by atoms with van der Waals surface area (Å²) in [6.45, 7) is 4.28. The molecule has 0 heterocycles. The zero-order chi connectivity index (χ0) is 9.68. The monoisotopic (exact) mass is 196 g/mol. The second kappa shape index (κ2) is 5.18. The van der Waals surface area contributed by atoms with E-state index in [2.05, 4.69) is 26.5 Å². The summed E-state index contributed by atoms with van der Waals surface area (Å²) in [5.41, 5.74) is 0. The Morgan fingerprint density at radius 3 is 2.54 bits per heavy atom. The van der Waals surface area contributed by atoms with Gasteiger partial charge in [-0.25, -0.2) is 0 Å². The molecule has 0 N–H and O–H groups in total. The fourth-order valence-corrected chi connectivity index (χ4v) is 1.42. The van der Waals surface area contributed by atoms with E-state index in [-0.39, 0.29) is 0 Å². The van der Waals surface area contributed by atoms with Crippen LogP contribution < -0.4 is 4.74 Å². The van der Waals surface area contributed by atoms with Gasteiger partial charge in [0.05, 0.1) is 6.10 Å². The van der Waals surface area contributed by atoms with Gasteiger partial charge in [-0.15, -0.1) is 12.6 Å². The van der Waals surface area contributed by atoms with Gasteiger partial charge in [0, 0.05) is 4.90 Å². The van der Waals surface area contributed by atoms with E-state index in [4.69, 9.17) is 4.74 Å². The summed E-state index contributed by atoms with van der Waals surface area (Å²) >= 11 is 4.26. The molecule has 0 aliphatic heterocycles. The van der Waals surface area contributed by atoms with Crippen LogP contribution in [-0.2, 0) is 0 Å². The summed E-state index contributed by atoms with van der Waals surface area (Å²) < 4.78 is 5.74. The molecule has 13 heavy (non-hydrogen) atoms. The van der Waals surface area contributed by atoms with E-state index in [1.165, 1.54) is 0 Å². The normalized spacial score (nSPS) is 10.5. The summed E-state index contributed by atoms with van der Waals surface area (Å²) in [5.74, 6) is 0.918. The Morgan fingerprint density at radius 2 is 2.00 bits per heavy atom. The van der Waals surface area contributed by atoms with Gasteiger partial charge in [0.2, 0.25) is 0 Å². The first-order chi connectivity index (χ1) is 6.26. The summed E-state index contributed by atoms with van der Waals surface area (Å²) in [6, 6.07) is 7.82. The Hall–Kier alpha value is -0.630. The third kappa shape index (κ3) is 3.31. The molecule has 0 aliphatic carbocycles. The molecule has 0 unspecified atom stereocenters.